The van der Waals surface area contributed by atoms with Crippen LogP contribution in [0.2, 0.25) is 0 Å². The van der Waals surface area contributed by atoms with Gasteiger partial charge in [0.1, 0.15) is 17.6 Å². The van der Waals surface area contributed by atoms with E-state index < -0.39 is 35.4 Å². The van der Waals surface area contributed by atoms with Crippen LogP contribution in [0.5, 0.6) is 0 Å². The average molecular weight is 465 g/mol. The monoisotopic (exact) mass is 464 g/mol. The third kappa shape index (κ3) is 4.44. The van der Waals surface area contributed by atoms with Crippen LogP contribution in [0.3, 0.4) is 0 Å². The van der Waals surface area contributed by atoms with E-state index in [4.69, 9.17) is 0 Å². The number of nitrogens with one attached hydrogen (secondary N) is 2. The topological polar surface area (TPSA) is 136 Å². The lowest BCUT2D eigenvalue weighted by atomic mass is 9.84. The average Bonchev–Trinajstić information content (AvgIpc) is 3.19. The molecule has 3 aliphatic heterocycles. The highest BCUT2D eigenvalue weighted by Crippen LogP contribution is 2.44. The van der Waals surface area contributed by atoms with Crippen molar-refractivity contribution >= 4 is 29.6 Å². The van der Waals surface area contributed by atoms with Gasteiger partial charge in [0.15, 0.2) is 0 Å². The van der Waals surface area contributed by atoms with Crippen LogP contribution in [0, 0.1) is 5.92 Å². The first-order chi connectivity index (χ1) is 15.7. The number of fused-ring (bicyclic) bond motifs is 3. The quantitative estimate of drug-likeness (QED) is 0.511. The molecule has 0 spiro atoms. The van der Waals surface area contributed by atoms with Crippen molar-refractivity contribution in [1.82, 2.24) is 20.4 Å². The molecule has 3 heterocycles. The summed E-state index contributed by atoms with van der Waals surface area (Å²) >= 11 is 0. The maximum absolute atomic E-state index is 13.4. The molecule has 0 unspecified atom stereocenters. The molecular weight excluding hydrogens is 428 g/mol. The van der Waals surface area contributed by atoms with Crippen LogP contribution in [0.4, 0.5) is 0 Å². The molecule has 0 aromatic rings. The number of piperazine rings is 2. The van der Waals surface area contributed by atoms with E-state index in [9.17, 15) is 29.1 Å². The molecule has 10 nitrogen and oxygen atoms in total. The Morgan fingerprint density at radius 1 is 1.03 bits per heavy atom. The van der Waals surface area contributed by atoms with Gasteiger partial charge in [0, 0.05) is 19.1 Å². The second-order valence-corrected chi connectivity index (χ2v) is 9.45. The van der Waals surface area contributed by atoms with E-state index in [0.29, 0.717) is 44.7 Å². The van der Waals surface area contributed by atoms with E-state index in [1.165, 1.54) is 4.90 Å². The van der Waals surface area contributed by atoms with Gasteiger partial charge in [-0.05, 0) is 44.9 Å². The zero-order valence-electron chi connectivity index (χ0n) is 19.8. The lowest BCUT2D eigenvalue weighted by Crippen LogP contribution is -2.71. The Hall–Kier alpha value is -2.65. The fourth-order valence-electron chi connectivity index (χ4n) is 6.01. The van der Waals surface area contributed by atoms with Crippen molar-refractivity contribution < 1.29 is 29.1 Å². The molecule has 10 heteroatoms. The summed E-state index contributed by atoms with van der Waals surface area (Å²) in [5.41, 5.74) is -1.28. The van der Waals surface area contributed by atoms with Crippen molar-refractivity contribution in [2.24, 2.45) is 5.92 Å². The number of amides is 4. The minimum Gasteiger partial charge on any atom is -0.479 e. The van der Waals surface area contributed by atoms with Crippen LogP contribution in [0.15, 0.2) is 0 Å². The molecule has 4 aliphatic rings. The third-order valence-electron chi connectivity index (χ3n) is 7.62. The van der Waals surface area contributed by atoms with Gasteiger partial charge < -0.3 is 25.5 Å². The highest BCUT2D eigenvalue weighted by molar-refractivity contribution is 6.35. The summed E-state index contributed by atoms with van der Waals surface area (Å²) in [6.07, 6.45) is 6.36. The normalized spacial score (nSPS) is 30.9. The Balaban J connectivity index is 0.000000323. The fourth-order valence-corrected chi connectivity index (χ4v) is 6.01. The van der Waals surface area contributed by atoms with Crippen molar-refractivity contribution in [2.45, 2.75) is 95.8 Å². The van der Waals surface area contributed by atoms with Crippen LogP contribution < -0.4 is 10.6 Å². The summed E-state index contributed by atoms with van der Waals surface area (Å²) in [5.74, 6) is -1.87. The van der Waals surface area contributed by atoms with Crippen LogP contribution in [0.25, 0.3) is 0 Å². The molecule has 33 heavy (non-hydrogen) atoms. The zero-order valence-corrected chi connectivity index (χ0v) is 19.8. The van der Waals surface area contributed by atoms with Crippen LogP contribution in [-0.2, 0) is 24.0 Å². The number of aliphatic carboxylic acids is 1. The molecule has 3 saturated heterocycles. The first-order valence-corrected chi connectivity index (χ1v) is 12.1. The molecule has 3 N–H and O–H groups in total. The number of nitrogens with zero attached hydrogens (tertiary/aromatic N) is 2. The van der Waals surface area contributed by atoms with Gasteiger partial charge in [0.05, 0.1) is 0 Å². The Morgan fingerprint density at radius 2 is 1.64 bits per heavy atom. The van der Waals surface area contributed by atoms with E-state index >= 15 is 0 Å². The van der Waals surface area contributed by atoms with E-state index in [0.717, 1.165) is 25.7 Å². The number of rotatable bonds is 5. The Morgan fingerprint density at radius 3 is 2.15 bits per heavy atom. The predicted octanol–water partition coefficient (Wildman–Crippen LogP) is 0.643. The van der Waals surface area contributed by atoms with Gasteiger partial charge in [-0.25, -0.2) is 4.79 Å². The number of carbonyl (C=O) groups excluding carboxylic acids is 4. The molecule has 0 bridgehead atoms. The summed E-state index contributed by atoms with van der Waals surface area (Å²) in [4.78, 5) is 62.5. The van der Waals surface area contributed by atoms with Gasteiger partial charge in [-0.3, -0.25) is 19.2 Å². The molecule has 0 aromatic heterocycles. The third-order valence-corrected chi connectivity index (χ3v) is 7.62. The van der Waals surface area contributed by atoms with E-state index in [1.54, 1.807) is 13.8 Å². The highest BCUT2D eigenvalue weighted by atomic mass is 16.4. The number of hydrogen-bond acceptors (Lipinski definition) is 5. The van der Waals surface area contributed by atoms with Gasteiger partial charge in [-0.2, -0.15) is 0 Å². The molecule has 1 saturated carbocycles. The van der Waals surface area contributed by atoms with Crippen LogP contribution >= 0.6 is 0 Å². The molecule has 0 radical (unpaired) electrons. The standard InChI is InChI=1S/C19H30N2O4.C4H6N2O2/c1-4-10-19(5-2,18(24)25)21-12(3)16(22)20-14-9-7-6-8-13(14)11-15(20)17(21)23;7-3-4(8)6-2-1-5-3/h12-15H,4-11H2,1-3H3,(H,24,25);1-2H2,(H,5,7)(H,6,8)/t12-,13-,14-,15-,19-;/m0./s1. The SMILES string of the molecule is CCC[C@@](CC)(C(=O)O)N1C(=O)[C@@H]2C[C@@H]3CCCC[C@@H]3N2C(=O)[C@@H]1C.O=C1NCCNC1=O. The Bertz CT molecular complexity index is 801. The largest absolute Gasteiger partial charge is 0.479 e. The molecule has 5 atom stereocenters. The number of carbonyl (C=O) groups is 5. The molecule has 0 aromatic carbocycles. The van der Waals surface area contributed by atoms with Crippen molar-refractivity contribution in [3.05, 3.63) is 0 Å². The maximum atomic E-state index is 13.4. The summed E-state index contributed by atoms with van der Waals surface area (Å²) in [6.45, 7) is 6.52. The summed E-state index contributed by atoms with van der Waals surface area (Å²) < 4.78 is 0. The molecule has 4 amide bonds. The van der Waals surface area contributed by atoms with Gasteiger partial charge >= 0.3 is 17.8 Å². The fraction of sp³-hybridized carbons (Fsp3) is 0.783. The molecular formula is C23H36N4O6. The highest BCUT2D eigenvalue weighted by Gasteiger charge is 2.59. The smallest absolute Gasteiger partial charge is 0.329 e. The second kappa shape index (κ2) is 10.1. The van der Waals surface area contributed by atoms with Gasteiger partial charge in [-0.1, -0.05) is 33.1 Å². The Labute approximate surface area is 194 Å². The number of hydrogen-bond donors (Lipinski definition) is 3. The molecule has 1 aliphatic carbocycles. The molecule has 4 fully saturated rings. The van der Waals surface area contributed by atoms with Gasteiger partial charge in [0.2, 0.25) is 11.8 Å². The summed E-state index contributed by atoms with van der Waals surface area (Å²) in [6, 6.07) is -0.988. The first kappa shape index (κ1) is 25.0. The predicted molar refractivity (Wildman–Crippen MR) is 119 cm³/mol. The zero-order chi connectivity index (χ0) is 24.3. The lowest BCUT2D eigenvalue weighted by Gasteiger charge is -2.50. The van der Waals surface area contributed by atoms with Crippen molar-refractivity contribution in [1.29, 1.82) is 0 Å². The second-order valence-electron chi connectivity index (χ2n) is 9.45. The molecule has 184 valence electrons. The van der Waals surface area contributed by atoms with Gasteiger partial charge in [-0.15, -0.1) is 0 Å². The van der Waals surface area contributed by atoms with Crippen LogP contribution in [0.1, 0.15) is 72.1 Å². The van der Waals surface area contributed by atoms with E-state index in [2.05, 4.69) is 10.6 Å². The Kier molecular flexibility index (Phi) is 7.64. The molecule has 4 rings (SSSR count). The van der Waals surface area contributed by atoms with Crippen molar-refractivity contribution in [3.8, 4) is 0 Å². The number of carboxylic acid groups (broad SMARTS) is 1. The summed E-state index contributed by atoms with van der Waals surface area (Å²) in [7, 11) is 0. The number of carboxylic acids is 1. The van der Waals surface area contributed by atoms with Gasteiger partial charge in [0.25, 0.3) is 0 Å². The summed E-state index contributed by atoms with van der Waals surface area (Å²) in [5, 5.41) is 14.7. The van der Waals surface area contributed by atoms with E-state index in [-0.39, 0.29) is 17.9 Å². The van der Waals surface area contributed by atoms with E-state index in [1.807, 2.05) is 11.8 Å². The van der Waals surface area contributed by atoms with Crippen LogP contribution in [-0.4, -0.2) is 81.3 Å². The maximum Gasteiger partial charge on any atom is 0.329 e. The first-order valence-electron chi connectivity index (χ1n) is 12.1. The minimum absolute atomic E-state index is 0.0609. The lowest BCUT2D eigenvalue weighted by molar-refractivity contribution is -0.177. The van der Waals surface area contributed by atoms with Crippen molar-refractivity contribution in [2.75, 3.05) is 13.1 Å². The minimum atomic E-state index is -1.28. The van der Waals surface area contributed by atoms with Crippen molar-refractivity contribution in [3.63, 3.8) is 0 Å².